The predicted molar refractivity (Wildman–Crippen MR) is 125 cm³/mol. The lowest BCUT2D eigenvalue weighted by atomic mass is 9.86. The van der Waals surface area contributed by atoms with Gasteiger partial charge in [0.2, 0.25) is 0 Å². The van der Waals surface area contributed by atoms with Crippen molar-refractivity contribution < 1.29 is 9.90 Å². The van der Waals surface area contributed by atoms with Gasteiger partial charge >= 0.3 is 5.97 Å². The minimum Gasteiger partial charge on any atom is -0.481 e. The lowest BCUT2D eigenvalue weighted by Crippen LogP contribution is -2.29. The van der Waals surface area contributed by atoms with Crippen LogP contribution in [0.4, 0.5) is 5.82 Å². The Labute approximate surface area is 189 Å². The van der Waals surface area contributed by atoms with Gasteiger partial charge in [-0.15, -0.1) is 0 Å². The molecule has 32 heavy (non-hydrogen) atoms. The molecule has 0 spiro atoms. The summed E-state index contributed by atoms with van der Waals surface area (Å²) in [6, 6.07) is 13.7. The number of carboxylic acid groups (broad SMARTS) is 1. The molecule has 5 rings (SSSR count). The minimum atomic E-state index is -0.686. The number of imidazole rings is 1. The summed E-state index contributed by atoms with van der Waals surface area (Å²) in [7, 11) is 0. The number of pyridine rings is 2. The molecule has 1 aromatic carbocycles. The number of H-pyrrole nitrogens is 1. The van der Waals surface area contributed by atoms with Crippen molar-refractivity contribution in [1.82, 2.24) is 19.9 Å². The highest BCUT2D eigenvalue weighted by molar-refractivity contribution is 6.31. The summed E-state index contributed by atoms with van der Waals surface area (Å²) in [4.78, 5) is 28.1. The summed E-state index contributed by atoms with van der Waals surface area (Å²) in [5, 5.41) is 13.2. The van der Waals surface area contributed by atoms with Gasteiger partial charge in [0.25, 0.3) is 0 Å². The molecule has 8 heteroatoms. The third kappa shape index (κ3) is 4.29. The highest BCUT2D eigenvalue weighted by Gasteiger charge is 2.25. The molecular weight excluding hydrogens is 426 g/mol. The van der Waals surface area contributed by atoms with E-state index in [9.17, 15) is 4.79 Å². The fourth-order valence-electron chi connectivity index (χ4n) is 4.15. The van der Waals surface area contributed by atoms with Gasteiger partial charge in [0.1, 0.15) is 11.6 Å². The predicted octanol–water partition coefficient (Wildman–Crippen LogP) is 5.40. The fraction of sp³-hybridized carbons (Fsp3) is 0.250. The van der Waals surface area contributed by atoms with Gasteiger partial charge in [-0.1, -0.05) is 11.6 Å². The monoisotopic (exact) mass is 447 g/mol. The molecule has 1 aliphatic rings. The average molecular weight is 448 g/mol. The molecule has 0 aliphatic heterocycles. The number of fused-ring (bicyclic) bond motifs is 1. The number of nitrogens with zero attached hydrogens (tertiary/aromatic N) is 3. The molecule has 0 bridgehead atoms. The maximum absolute atomic E-state index is 11.1. The molecule has 1 saturated carbocycles. The summed E-state index contributed by atoms with van der Waals surface area (Å²) in [5.74, 6) is 0.644. The van der Waals surface area contributed by atoms with Crippen molar-refractivity contribution in [3.63, 3.8) is 0 Å². The largest absolute Gasteiger partial charge is 0.481 e. The molecule has 1 fully saturated rings. The van der Waals surface area contributed by atoms with E-state index in [1.165, 1.54) is 0 Å². The number of hydrogen-bond donors (Lipinski definition) is 3. The van der Waals surface area contributed by atoms with Crippen LogP contribution in [-0.2, 0) is 4.79 Å². The van der Waals surface area contributed by atoms with Crippen LogP contribution in [0.1, 0.15) is 25.7 Å². The van der Waals surface area contributed by atoms with E-state index in [1.807, 2.05) is 42.5 Å². The molecular formula is C24H22ClN5O2. The fourth-order valence-corrected chi connectivity index (χ4v) is 4.32. The van der Waals surface area contributed by atoms with Gasteiger partial charge in [0, 0.05) is 34.6 Å². The van der Waals surface area contributed by atoms with Crippen molar-refractivity contribution in [3.05, 3.63) is 59.9 Å². The number of rotatable bonds is 5. The number of nitrogens with one attached hydrogen (secondary N) is 2. The van der Waals surface area contributed by atoms with E-state index < -0.39 is 5.97 Å². The van der Waals surface area contributed by atoms with Crippen LogP contribution in [0.25, 0.3) is 33.7 Å². The molecule has 0 amide bonds. The first-order valence-corrected chi connectivity index (χ1v) is 11.0. The van der Waals surface area contributed by atoms with Gasteiger partial charge in [0.15, 0.2) is 0 Å². The highest BCUT2D eigenvalue weighted by Crippen LogP contribution is 2.28. The molecule has 7 nitrogen and oxygen atoms in total. The van der Waals surface area contributed by atoms with E-state index in [-0.39, 0.29) is 12.0 Å². The summed E-state index contributed by atoms with van der Waals surface area (Å²) in [5.41, 5.74) is 4.39. The third-order valence-electron chi connectivity index (χ3n) is 5.97. The van der Waals surface area contributed by atoms with Crippen molar-refractivity contribution in [2.24, 2.45) is 5.92 Å². The number of carboxylic acids is 1. The zero-order chi connectivity index (χ0) is 22.1. The first-order chi connectivity index (χ1) is 15.5. The van der Waals surface area contributed by atoms with Gasteiger partial charge in [-0.25, -0.2) is 9.97 Å². The summed E-state index contributed by atoms with van der Waals surface area (Å²) >= 11 is 6.05. The molecule has 162 valence electrons. The topological polar surface area (TPSA) is 104 Å². The van der Waals surface area contributed by atoms with Crippen molar-refractivity contribution in [3.8, 4) is 22.6 Å². The maximum atomic E-state index is 11.1. The Kier molecular flexibility index (Phi) is 5.49. The molecule has 3 N–H and O–H groups in total. The molecule has 0 atom stereocenters. The number of aromatic nitrogens is 4. The van der Waals surface area contributed by atoms with E-state index in [0.717, 1.165) is 52.3 Å². The van der Waals surface area contributed by atoms with Crippen LogP contribution in [0, 0.1) is 5.92 Å². The van der Waals surface area contributed by atoms with Crippen LogP contribution >= 0.6 is 11.6 Å². The Morgan fingerprint density at radius 3 is 2.47 bits per heavy atom. The van der Waals surface area contributed by atoms with Crippen molar-refractivity contribution in [2.75, 3.05) is 5.32 Å². The van der Waals surface area contributed by atoms with Gasteiger partial charge in [-0.3, -0.25) is 9.78 Å². The maximum Gasteiger partial charge on any atom is 0.306 e. The number of carbonyl (C=O) groups is 1. The van der Waals surface area contributed by atoms with E-state index in [0.29, 0.717) is 17.9 Å². The minimum absolute atomic E-state index is 0.213. The zero-order valence-electron chi connectivity index (χ0n) is 17.3. The molecule has 4 aromatic rings. The normalized spacial score (nSPS) is 18.5. The lowest BCUT2D eigenvalue weighted by molar-refractivity contribution is -0.142. The zero-order valence-corrected chi connectivity index (χ0v) is 18.0. The first-order valence-electron chi connectivity index (χ1n) is 10.6. The molecule has 0 radical (unpaired) electrons. The quantitative estimate of drug-likeness (QED) is 0.378. The number of anilines is 1. The van der Waals surface area contributed by atoms with E-state index in [1.54, 1.807) is 12.4 Å². The van der Waals surface area contributed by atoms with Crippen LogP contribution in [0.15, 0.2) is 54.9 Å². The second-order valence-corrected chi connectivity index (χ2v) is 8.58. The van der Waals surface area contributed by atoms with Crippen LogP contribution in [-0.4, -0.2) is 37.1 Å². The SMILES string of the molecule is O=C(O)C1CCC(Nc2ccc(-c3ccc(-c4nc5ccc(Cl)cc5[nH]4)cn3)cn2)CC1. The molecule has 3 aromatic heterocycles. The Bertz CT molecular complexity index is 1250. The van der Waals surface area contributed by atoms with Gasteiger partial charge < -0.3 is 15.4 Å². The Morgan fingerprint density at radius 2 is 1.78 bits per heavy atom. The number of halogens is 1. The summed E-state index contributed by atoms with van der Waals surface area (Å²) in [6.07, 6.45) is 6.70. The number of benzene rings is 1. The van der Waals surface area contributed by atoms with Gasteiger partial charge in [-0.2, -0.15) is 0 Å². The Balaban J connectivity index is 1.25. The second-order valence-electron chi connectivity index (χ2n) is 8.14. The molecule has 0 saturated heterocycles. The number of aliphatic carboxylic acids is 1. The standard InChI is InChI=1S/C24H22ClN5O2/c25-17-5-9-20-21(11-17)30-23(29-20)16-3-8-19(26-13-16)15-4-10-22(27-12-15)28-18-6-1-14(2-7-18)24(31)32/h3-5,8-14,18H,1-2,6-7H2,(H,27,28)(H,29,30)(H,31,32). The van der Waals surface area contributed by atoms with Crippen molar-refractivity contribution in [2.45, 2.75) is 31.7 Å². The van der Waals surface area contributed by atoms with Crippen LogP contribution < -0.4 is 5.32 Å². The smallest absolute Gasteiger partial charge is 0.306 e. The van der Waals surface area contributed by atoms with Crippen LogP contribution in [0.5, 0.6) is 0 Å². The Hall–Kier alpha value is -3.45. The van der Waals surface area contributed by atoms with Crippen LogP contribution in [0.2, 0.25) is 5.02 Å². The van der Waals surface area contributed by atoms with Crippen molar-refractivity contribution >= 4 is 34.4 Å². The number of hydrogen-bond acceptors (Lipinski definition) is 5. The molecule has 0 unspecified atom stereocenters. The van der Waals surface area contributed by atoms with Gasteiger partial charge in [0.05, 0.1) is 22.6 Å². The van der Waals surface area contributed by atoms with Crippen molar-refractivity contribution in [1.29, 1.82) is 0 Å². The lowest BCUT2D eigenvalue weighted by Gasteiger charge is -2.27. The number of aromatic amines is 1. The Morgan fingerprint density at radius 1 is 1.00 bits per heavy atom. The van der Waals surface area contributed by atoms with Crippen LogP contribution in [0.3, 0.4) is 0 Å². The van der Waals surface area contributed by atoms with E-state index >= 15 is 0 Å². The van der Waals surface area contributed by atoms with Gasteiger partial charge in [-0.05, 0) is 68.1 Å². The molecule has 1 aliphatic carbocycles. The average Bonchev–Trinajstić information content (AvgIpc) is 3.23. The third-order valence-corrected chi connectivity index (χ3v) is 6.20. The van der Waals surface area contributed by atoms with E-state index in [2.05, 4.69) is 25.3 Å². The highest BCUT2D eigenvalue weighted by atomic mass is 35.5. The molecule has 3 heterocycles. The van der Waals surface area contributed by atoms with E-state index in [4.69, 9.17) is 16.7 Å². The summed E-state index contributed by atoms with van der Waals surface area (Å²) < 4.78 is 0. The summed E-state index contributed by atoms with van der Waals surface area (Å²) in [6.45, 7) is 0. The second kappa shape index (κ2) is 8.59. The first kappa shape index (κ1) is 20.5.